The maximum Gasteiger partial charge on any atom is 0.0782 e. The van der Waals surface area contributed by atoms with Gasteiger partial charge in [-0.05, 0) is 59.3 Å². The third kappa shape index (κ3) is 3.42. The molecule has 0 atom stereocenters. The van der Waals surface area contributed by atoms with E-state index in [-0.39, 0.29) is 0 Å². The van der Waals surface area contributed by atoms with Crippen LogP contribution in [0.3, 0.4) is 0 Å². The number of nitrogens with zero attached hydrogens (tertiary/aromatic N) is 3. The minimum absolute atomic E-state index is 1.16. The minimum Gasteiger partial charge on any atom is -0.309 e. The fraction of sp³-hybridized carbons (Fsp3) is 0. The molecule has 12 rings (SSSR count). The van der Waals surface area contributed by atoms with Gasteiger partial charge in [0.05, 0.1) is 44.1 Å². The van der Waals surface area contributed by atoms with E-state index < -0.39 is 0 Å². The van der Waals surface area contributed by atoms with Crippen LogP contribution >= 0.6 is 0 Å². The van der Waals surface area contributed by atoms with E-state index in [1.807, 2.05) is 0 Å². The molecule has 0 N–H and O–H groups in total. The summed E-state index contributed by atoms with van der Waals surface area (Å²) >= 11 is 0. The van der Waals surface area contributed by atoms with Gasteiger partial charge >= 0.3 is 0 Å². The Morgan fingerprint density at radius 3 is 1.41 bits per heavy atom. The van der Waals surface area contributed by atoms with Crippen LogP contribution in [-0.2, 0) is 0 Å². The Labute approximate surface area is 292 Å². The molecular weight excluding hydrogens is 619 g/mol. The van der Waals surface area contributed by atoms with Gasteiger partial charge < -0.3 is 13.4 Å². The number of fused-ring (bicyclic) bond motifs is 16. The normalized spacial score (nSPS) is 12.3. The average molecular weight is 648 g/mol. The fourth-order valence-corrected chi connectivity index (χ4v) is 9.22. The fourth-order valence-electron chi connectivity index (χ4n) is 9.22. The molecule has 0 fully saturated rings. The Kier molecular flexibility index (Phi) is 5.23. The molecule has 0 spiro atoms. The highest BCUT2D eigenvalue weighted by molar-refractivity contribution is 6.31. The van der Waals surface area contributed by atoms with Crippen molar-refractivity contribution in [1.82, 2.24) is 13.4 Å². The second-order valence-corrected chi connectivity index (χ2v) is 13.7. The van der Waals surface area contributed by atoms with E-state index in [1.54, 1.807) is 0 Å². The van der Waals surface area contributed by atoms with Crippen molar-refractivity contribution in [3.63, 3.8) is 0 Å². The van der Waals surface area contributed by atoms with Crippen LogP contribution in [0.1, 0.15) is 0 Å². The predicted octanol–water partition coefficient (Wildman–Crippen LogP) is 12.8. The van der Waals surface area contributed by atoms with E-state index in [0.717, 1.165) is 5.69 Å². The SMILES string of the molecule is c1ccc(-n2c3ccccc3c3c4c5ccccc5c5cccc6c7ccccc7n(c7cccc8c9ccccc9n(c4ccc32)c87)c56)cc1. The Morgan fingerprint density at radius 2 is 0.686 bits per heavy atom. The van der Waals surface area contributed by atoms with E-state index in [1.165, 1.54) is 98.0 Å². The molecule has 0 saturated heterocycles. The Morgan fingerprint density at radius 1 is 0.235 bits per heavy atom. The number of hydrogen-bond donors (Lipinski definition) is 0. The van der Waals surface area contributed by atoms with Crippen molar-refractivity contribution in [1.29, 1.82) is 0 Å². The van der Waals surface area contributed by atoms with E-state index in [0.29, 0.717) is 0 Å². The van der Waals surface area contributed by atoms with Gasteiger partial charge in [-0.3, -0.25) is 0 Å². The van der Waals surface area contributed by atoms with E-state index in [4.69, 9.17) is 0 Å². The van der Waals surface area contributed by atoms with Gasteiger partial charge in [0, 0.05) is 48.8 Å². The number of rotatable bonds is 1. The molecule has 0 radical (unpaired) electrons. The summed E-state index contributed by atoms with van der Waals surface area (Å²) in [6.45, 7) is 0. The van der Waals surface area contributed by atoms with Crippen molar-refractivity contribution in [2.75, 3.05) is 0 Å². The molecule has 51 heavy (non-hydrogen) atoms. The van der Waals surface area contributed by atoms with Crippen LogP contribution in [0.2, 0.25) is 0 Å². The van der Waals surface area contributed by atoms with Gasteiger partial charge in [-0.1, -0.05) is 127 Å². The molecule has 0 aliphatic rings. The molecule has 0 aliphatic heterocycles. The first kappa shape index (κ1) is 27.0. The van der Waals surface area contributed by atoms with Gasteiger partial charge in [0.25, 0.3) is 0 Å². The second kappa shape index (κ2) is 9.87. The Bertz CT molecular complexity index is 3470. The smallest absolute Gasteiger partial charge is 0.0782 e. The van der Waals surface area contributed by atoms with Crippen molar-refractivity contribution in [3.05, 3.63) is 176 Å². The lowest BCUT2D eigenvalue weighted by molar-refractivity contribution is 1.18. The lowest BCUT2D eigenvalue weighted by Crippen LogP contribution is -1.95. The average Bonchev–Trinajstić information content (AvgIpc) is 3.84. The molecule has 236 valence electrons. The van der Waals surface area contributed by atoms with Crippen molar-refractivity contribution < 1.29 is 0 Å². The molecular formula is C48H29N3. The van der Waals surface area contributed by atoms with Crippen LogP contribution in [0, 0.1) is 0 Å². The highest BCUT2D eigenvalue weighted by Crippen LogP contribution is 2.43. The van der Waals surface area contributed by atoms with Crippen LogP contribution in [0.5, 0.6) is 0 Å². The summed E-state index contributed by atoms with van der Waals surface area (Å²) in [5.74, 6) is 0. The standard InChI is InChI=1S/C48H29N3/c1-2-14-30(15-3-1)49-41-26-11-8-20-38(41)46-42(49)28-29-43-45(46)34-19-5-4-16-31(34)35-21-12-22-36-32-17-6-10-25-40(32)51(47(35)36)44-27-13-23-37-33-18-7-9-24-39(33)50(43)48(37)44/h1-29H. The van der Waals surface area contributed by atoms with Gasteiger partial charge in [-0.15, -0.1) is 0 Å². The largest absolute Gasteiger partial charge is 0.309 e. The van der Waals surface area contributed by atoms with E-state index >= 15 is 0 Å². The third-order valence-corrected chi connectivity index (χ3v) is 11.2. The van der Waals surface area contributed by atoms with Crippen molar-refractivity contribution >= 4 is 98.0 Å². The quantitative estimate of drug-likeness (QED) is 0.168. The molecule has 0 unspecified atom stereocenters. The zero-order valence-electron chi connectivity index (χ0n) is 27.6. The van der Waals surface area contributed by atoms with Gasteiger partial charge in [0.15, 0.2) is 0 Å². The minimum atomic E-state index is 1.16. The molecule has 4 aromatic heterocycles. The molecule has 3 nitrogen and oxygen atoms in total. The molecule has 3 heteroatoms. The third-order valence-electron chi connectivity index (χ3n) is 11.2. The first-order chi connectivity index (χ1) is 25.4. The van der Waals surface area contributed by atoms with Crippen molar-refractivity contribution in [3.8, 4) is 5.69 Å². The summed E-state index contributed by atoms with van der Waals surface area (Å²) in [6, 6.07) is 64.9. The maximum absolute atomic E-state index is 2.55. The monoisotopic (exact) mass is 647 g/mol. The second-order valence-electron chi connectivity index (χ2n) is 13.7. The van der Waals surface area contributed by atoms with Crippen LogP contribution in [0.4, 0.5) is 0 Å². The van der Waals surface area contributed by atoms with Crippen LogP contribution in [-0.4, -0.2) is 13.4 Å². The van der Waals surface area contributed by atoms with Gasteiger partial charge in [-0.25, -0.2) is 0 Å². The summed E-state index contributed by atoms with van der Waals surface area (Å²) in [7, 11) is 0. The summed E-state index contributed by atoms with van der Waals surface area (Å²) in [5.41, 5.74) is 10.8. The lowest BCUT2D eigenvalue weighted by atomic mass is 9.99. The van der Waals surface area contributed by atoms with Gasteiger partial charge in [0.1, 0.15) is 0 Å². The summed E-state index contributed by atoms with van der Waals surface area (Å²) in [5, 5.41) is 12.5. The summed E-state index contributed by atoms with van der Waals surface area (Å²) < 4.78 is 7.51. The lowest BCUT2D eigenvalue weighted by Gasteiger charge is -2.12. The number of benzene rings is 8. The Hall–Kier alpha value is -6.84. The molecule has 0 amide bonds. The first-order valence-electron chi connectivity index (χ1n) is 17.6. The molecule has 4 heterocycles. The molecule has 8 aromatic carbocycles. The van der Waals surface area contributed by atoms with Crippen molar-refractivity contribution in [2.45, 2.75) is 0 Å². The summed E-state index contributed by atoms with van der Waals surface area (Å²) in [6.07, 6.45) is 0. The van der Waals surface area contributed by atoms with Crippen molar-refractivity contribution in [2.24, 2.45) is 0 Å². The van der Waals surface area contributed by atoms with Crippen LogP contribution < -0.4 is 0 Å². The predicted molar refractivity (Wildman–Crippen MR) is 217 cm³/mol. The van der Waals surface area contributed by atoms with Crippen LogP contribution in [0.15, 0.2) is 176 Å². The van der Waals surface area contributed by atoms with Gasteiger partial charge in [0.2, 0.25) is 0 Å². The van der Waals surface area contributed by atoms with Crippen LogP contribution in [0.25, 0.3) is 104 Å². The van der Waals surface area contributed by atoms with Gasteiger partial charge in [-0.2, -0.15) is 0 Å². The number of para-hydroxylation sites is 6. The molecule has 0 aliphatic carbocycles. The van der Waals surface area contributed by atoms with E-state index in [9.17, 15) is 0 Å². The number of aromatic nitrogens is 3. The zero-order valence-corrected chi connectivity index (χ0v) is 27.6. The highest BCUT2D eigenvalue weighted by Gasteiger charge is 2.21. The first-order valence-corrected chi connectivity index (χ1v) is 17.6. The highest BCUT2D eigenvalue weighted by atomic mass is 15.0. The molecule has 12 aromatic rings. The molecule has 0 saturated carbocycles. The van der Waals surface area contributed by atoms with E-state index in [2.05, 4.69) is 189 Å². The molecule has 0 bridgehead atoms. The number of hydrogen-bond acceptors (Lipinski definition) is 0. The topological polar surface area (TPSA) is 13.8 Å². The Balaban J connectivity index is 1.52. The summed E-state index contributed by atoms with van der Waals surface area (Å²) in [4.78, 5) is 0. The zero-order chi connectivity index (χ0) is 33.2. The maximum atomic E-state index is 2.55.